The number of phenols is 1. The number of hydrogen-bond donors (Lipinski definition) is 1. The van der Waals surface area contributed by atoms with E-state index in [1.54, 1.807) is 33.5 Å². The summed E-state index contributed by atoms with van der Waals surface area (Å²) in [5, 5.41) is 10.4. The fourth-order valence-electron chi connectivity index (χ4n) is 3.50. The molecule has 4 heteroatoms. The molecule has 0 saturated carbocycles. The van der Waals surface area contributed by atoms with Crippen molar-refractivity contribution in [1.29, 1.82) is 0 Å². The Balaban J connectivity index is 2.01. The molecule has 0 amide bonds. The van der Waals surface area contributed by atoms with E-state index in [2.05, 4.69) is 24.3 Å². The van der Waals surface area contributed by atoms with E-state index in [4.69, 9.17) is 14.2 Å². The summed E-state index contributed by atoms with van der Waals surface area (Å²) in [6, 6.07) is 19.7. The number of aromatic hydroxyl groups is 1. The van der Waals surface area contributed by atoms with Crippen LogP contribution < -0.4 is 14.2 Å². The lowest BCUT2D eigenvalue weighted by Crippen LogP contribution is -2.02. The molecule has 0 fully saturated rings. The van der Waals surface area contributed by atoms with Crippen LogP contribution in [0.25, 0.3) is 11.1 Å². The molecular formula is C24H26O4. The molecule has 0 bridgehead atoms. The summed E-state index contributed by atoms with van der Waals surface area (Å²) >= 11 is 0. The van der Waals surface area contributed by atoms with Gasteiger partial charge in [-0.15, -0.1) is 0 Å². The zero-order valence-electron chi connectivity index (χ0n) is 16.6. The van der Waals surface area contributed by atoms with Gasteiger partial charge in [0.15, 0.2) is 11.5 Å². The maximum absolute atomic E-state index is 10.4. The number of benzene rings is 3. The zero-order chi connectivity index (χ0) is 19.9. The van der Waals surface area contributed by atoms with Crippen LogP contribution in [0.1, 0.15) is 17.5 Å². The van der Waals surface area contributed by atoms with E-state index in [9.17, 15) is 5.11 Å². The van der Waals surface area contributed by atoms with Gasteiger partial charge in [0, 0.05) is 11.1 Å². The minimum Gasteiger partial charge on any atom is -0.507 e. The summed E-state index contributed by atoms with van der Waals surface area (Å²) in [6.45, 7) is 0. The lowest BCUT2D eigenvalue weighted by atomic mass is 9.96. The van der Waals surface area contributed by atoms with Crippen molar-refractivity contribution in [2.45, 2.75) is 19.3 Å². The van der Waals surface area contributed by atoms with Gasteiger partial charge in [0.1, 0.15) is 5.75 Å². The van der Waals surface area contributed by atoms with Gasteiger partial charge in [-0.05, 0) is 42.5 Å². The summed E-state index contributed by atoms with van der Waals surface area (Å²) in [4.78, 5) is 0. The van der Waals surface area contributed by atoms with Crippen molar-refractivity contribution in [3.63, 3.8) is 0 Å². The van der Waals surface area contributed by atoms with Gasteiger partial charge in [-0.25, -0.2) is 0 Å². The first-order chi connectivity index (χ1) is 13.7. The van der Waals surface area contributed by atoms with Crippen LogP contribution in [0.3, 0.4) is 0 Å². The predicted molar refractivity (Wildman–Crippen MR) is 112 cm³/mol. The summed E-state index contributed by atoms with van der Waals surface area (Å²) in [6.07, 6.45) is 2.76. The van der Waals surface area contributed by atoms with Crippen LogP contribution in [0.5, 0.6) is 23.0 Å². The van der Waals surface area contributed by atoms with Gasteiger partial charge in [-0.1, -0.05) is 48.5 Å². The highest BCUT2D eigenvalue weighted by atomic mass is 16.5. The smallest absolute Gasteiger partial charge is 0.204 e. The maximum Gasteiger partial charge on any atom is 0.204 e. The van der Waals surface area contributed by atoms with Gasteiger partial charge in [-0.3, -0.25) is 0 Å². The van der Waals surface area contributed by atoms with Crippen molar-refractivity contribution in [2.75, 3.05) is 21.3 Å². The Hall–Kier alpha value is -3.14. The van der Waals surface area contributed by atoms with Gasteiger partial charge < -0.3 is 19.3 Å². The summed E-state index contributed by atoms with van der Waals surface area (Å²) in [5.41, 5.74) is 3.81. The Morgan fingerprint density at radius 3 is 1.96 bits per heavy atom. The Morgan fingerprint density at radius 2 is 1.32 bits per heavy atom. The van der Waals surface area contributed by atoms with Crippen molar-refractivity contribution in [1.82, 2.24) is 0 Å². The molecule has 146 valence electrons. The molecule has 3 aromatic carbocycles. The van der Waals surface area contributed by atoms with Crippen LogP contribution in [0.4, 0.5) is 0 Å². The van der Waals surface area contributed by atoms with Crippen LogP contribution in [-0.4, -0.2) is 26.4 Å². The molecule has 3 aromatic rings. The molecule has 0 radical (unpaired) electrons. The van der Waals surface area contributed by atoms with Crippen LogP contribution in [0, 0.1) is 0 Å². The summed E-state index contributed by atoms with van der Waals surface area (Å²) in [5.74, 6) is 1.96. The molecule has 0 atom stereocenters. The fourth-order valence-corrected chi connectivity index (χ4v) is 3.50. The van der Waals surface area contributed by atoms with Crippen LogP contribution in [0.2, 0.25) is 0 Å². The molecule has 0 aliphatic heterocycles. The standard InChI is InChI=1S/C24H26O4/c1-26-22-18(13-9-12-17-10-5-4-6-11-17)16-20(23(27-2)24(22)28-3)19-14-7-8-15-21(19)25/h4-8,10-11,14-16,25H,9,12-13H2,1-3H3. The van der Waals surface area contributed by atoms with Gasteiger partial charge in [0.2, 0.25) is 5.75 Å². The third-order valence-electron chi connectivity index (χ3n) is 4.83. The minimum absolute atomic E-state index is 0.197. The van der Waals surface area contributed by atoms with E-state index in [-0.39, 0.29) is 5.75 Å². The second-order valence-corrected chi connectivity index (χ2v) is 6.54. The van der Waals surface area contributed by atoms with Crippen LogP contribution in [0.15, 0.2) is 60.7 Å². The highest BCUT2D eigenvalue weighted by Gasteiger charge is 2.22. The van der Waals surface area contributed by atoms with Crippen LogP contribution in [-0.2, 0) is 12.8 Å². The second-order valence-electron chi connectivity index (χ2n) is 6.54. The number of rotatable bonds is 8. The SMILES string of the molecule is COc1c(CCCc2ccccc2)cc(-c2ccccc2O)c(OC)c1OC. The van der Waals surface area contributed by atoms with Gasteiger partial charge in [0.05, 0.1) is 21.3 Å². The first-order valence-corrected chi connectivity index (χ1v) is 9.33. The molecule has 0 aliphatic rings. The lowest BCUT2D eigenvalue weighted by molar-refractivity contribution is 0.323. The molecular weight excluding hydrogens is 352 g/mol. The zero-order valence-corrected chi connectivity index (χ0v) is 16.6. The van der Waals surface area contributed by atoms with E-state index in [0.717, 1.165) is 30.4 Å². The maximum atomic E-state index is 10.4. The molecule has 0 saturated heterocycles. The Morgan fingerprint density at radius 1 is 0.679 bits per heavy atom. The molecule has 0 aromatic heterocycles. The Kier molecular flexibility index (Phi) is 6.43. The minimum atomic E-state index is 0.197. The normalized spacial score (nSPS) is 10.5. The number of ether oxygens (including phenoxy) is 3. The molecule has 0 spiro atoms. The third kappa shape index (κ3) is 4.06. The average molecular weight is 378 g/mol. The first kappa shape index (κ1) is 19.6. The van der Waals surface area contributed by atoms with Crippen molar-refractivity contribution >= 4 is 0 Å². The topological polar surface area (TPSA) is 47.9 Å². The highest BCUT2D eigenvalue weighted by Crippen LogP contribution is 2.48. The average Bonchev–Trinajstić information content (AvgIpc) is 2.73. The Bertz CT molecular complexity index is 919. The molecule has 1 N–H and O–H groups in total. The third-order valence-corrected chi connectivity index (χ3v) is 4.83. The lowest BCUT2D eigenvalue weighted by Gasteiger charge is -2.20. The number of phenolic OH excluding ortho intramolecular Hbond substituents is 1. The molecule has 0 heterocycles. The van der Waals surface area contributed by atoms with Crippen molar-refractivity contribution in [3.05, 3.63) is 71.8 Å². The van der Waals surface area contributed by atoms with Gasteiger partial charge in [-0.2, -0.15) is 0 Å². The van der Waals surface area contributed by atoms with Crippen molar-refractivity contribution < 1.29 is 19.3 Å². The van der Waals surface area contributed by atoms with Gasteiger partial charge in [0.25, 0.3) is 0 Å². The van der Waals surface area contributed by atoms with E-state index in [1.165, 1.54) is 5.56 Å². The molecule has 4 nitrogen and oxygen atoms in total. The number of aryl methyl sites for hydroxylation is 2. The Labute approximate surface area is 166 Å². The van der Waals surface area contributed by atoms with E-state index < -0.39 is 0 Å². The largest absolute Gasteiger partial charge is 0.507 e. The van der Waals surface area contributed by atoms with Crippen LogP contribution >= 0.6 is 0 Å². The quantitative estimate of drug-likeness (QED) is 0.581. The first-order valence-electron chi connectivity index (χ1n) is 9.33. The number of hydrogen-bond acceptors (Lipinski definition) is 4. The molecule has 28 heavy (non-hydrogen) atoms. The van der Waals surface area contributed by atoms with Crippen molar-refractivity contribution in [3.8, 4) is 34.1 Å². The number of para-hydroxylation sites is 1. The predicted octanol–water partition coefficient (Wildman–Crippen LogP) is 5.26. The van der Waals surface area contributed by atoms with E-state index in [1.807, 2.05) is 24.3 Å². The monoisotopic (exact) mass is 378 g/mol. The van der Waals surface area contributed by atoms with E-state index in [0.29, 0.717) is 22.8 Å². The summed E-state index contributed by atoms with van der Waals surface area (Å²) in [7, 11) is 4.83. The second kappa shape index (κ2) is 9.18. The molecule has 3 rings (SSSR count). The number of methoxy groups -OCH3 is 3. The van der Waals surface area contributed by atoms with Crippen molar-refractivity contribution in [2.24, 2.45) is 0 Å². The molecule has 0 aliphatic carbocycles. The van der Waals surface area contributed by atoms with E-state index >= 15 is 0 Å². The van der Waals surface area contributed by atoms with Gasteiger partial charge >= 0.3 is 0 Å². The highest BCUT2D eigenvalue weighted by molar-refractivity contribution is 5.81. The molecule has 0 unspecified atom stereocenters. The fraction of sp³-hybridized carbons (Fsp3) is 0.250. The summed E-state index contributed by atoms with van der Waals surface area (Å²) < 4.78 is 16.9.